The Labute approximate surface area is 110 Å². The molecule has 0 N–H and O–H groups in total. The summed E-state index contributed by atoms with van der Waals surface area (Å²) in [5.41, 5.74) is 2.91. The highest BCUT2D eigenvalue weighted by molar-refractivity contribution is 5.79. The number of hydrogen-bond donors (Lipinski definition) is 0. The zero-order valence-corrected chi connectivity index (χ0v) is 12.4. The predicted octanol–water partition coefficient (Wildman–Crippen LogP) is 4.38. The lowest BCUT2D eigenvalue weighted by molar-refractivity contribution is 0.326. The molecule has 0 aliphatic heterocycles. The molecule has 0 amide bonds. The SMILES string of the molecule is CC(C)(C)Cn1cc2cc(C(C)(C)C)ccc2n1. The summed E-state index contributed by atoms with van der Waals surface area (Å²) in [6, 6.07) is 6.59. The van der Waals surface area contributed by atoms with Gasteiger partial charge in [0.2, 0.25) is 0 Å². The van der Waals surface area contributed by atoms with Gasteiger partial charge in [-0.05, 0) is 28.5 Å². The van der Waals surface area contributed by atoms with Gasteiger partial charge in [0.05, 0.1) is 5.52 Å². The van der Waals surface area contributed by atoms with Crippen molar-refractivity contribution in [1.29, 1.82) is 0 Å². The van der Waals surface area contributed by atoms with Crippen molar-refractivity contribution in [2.75, 3.05) is 0 Å². The molecule has 1 heterocycles. The summed E-state index contributed by atoms with van der Waals surface area (Å²) in [6.45, 7) is 14.4. The molecule has 1 aromatic carbocycles. The van der Waals surface area contributed by atoms with Crippen molar-refractivity contribution in [2.24, 2.45) is 5.41 Å². The van der Waals surface area contributed by atoms with Gasteiger partial charge in [0, 0.05) is 18.1 Å². The van der Waals surface area contributed by atoms with Crippen molar-refractivity contribution < 1.29 is 0 Å². The van der Waals surface area contributed by atoms with Crippen molar-refractivity contribution in [3.05, 3.63) is 30.0 Å². The fourth-order valence-corrected chi connectivity index (χ4v) is 2.11. The molecule has 2 aromatic rings. The first kappa shape index (κ1) is 13.1. The molecule has 0 saturated carbocycles. The second-order valence-corrected chi connectivity index (χ2v) is 7.41. The molecule has 0 spiro atoms. The van der Waals surface area contributed by atoms with E-state index in [1.807, 2.05) is 0 Å². The minimum absolute atomic E-state index is 0.195. The maximum atomic E-state index is 4.64. The zero-order chi connectivity index (χ0) is 13.6. The summed E-state index contributed by atoms with van der Waals surface area (Å²) < 4.78 is 2.07. The predicted molar refractivity (Wildman–Crippen MR) is 77.9 cm³/mol. The number of benzene rings is 1. The smallest absolute Gasteiger partial charge is 0.0923 e. The summed E-state index contributed by atoms with van der Waals surface area (Å²) in [4.78, 5) is 0. The van der Waals surface area contributed by atoms with Crippen LogP contribution in [0.1, 0.15) is 47.1 Å². The van der Waals surface area contributed by atoms with Gasteiger partial charge in [-0.3, -0.25) is 4.68 Å². The molecule has 0 unspecified atom stereocenters. The van der Waals surface area contributed by atoms with Crippen LogP contribution in [0.2, 0.25) is 0 Å². The standard InChI is InChI=1S/C16H24N2/c1-15(2,3)11-18-10-12-9-13(16(4,5)6)7-8-14(12)17-18/h7-10H,11H2,1-6H3. The average molecular weight is 244 g/mol. The third-order valence-electron chi connectivity index (χ3n) is 3.05. The van der Waals surface area contributed by atoms with Crippen LogP contribution in [0.15, 0.2) is 24.4 Å². The molecular weight excluding hydrogens is 220 g/mol. The molecule has 0 aliphatic carbocycles. The second kappa shape index (κ2) is 4.11. The van der Waals surface area contributed by atoms with Gasteiger partial charge in [-0.2, -0.15) is 5.10 Å². The van der Waals surface area contributed by atoms with Crippen LogP contribution in [0.5, 0.6) is 0 Å². The van der Waals surface area contributed by atoms with E-state index in [4.69, 9.17) is 0 Å². The van der Waals surface area contributed by atoms with Gasteiger partial charge in [-0.15, -0.1) is 0 Å². The monoisotopic (exact) mass is 244 g/mol. The van der Waals surface area contributed by atoms with Gasteiger partial charge >= 0.3 is 0 Å². The Morgan fingerprint density at radius 1 is 1.06 bits per heavy atom. The van der Waals surface area contributed by atoms with Crippen LogP contribution < -0.4 is 0 Å². The number of aromatic nitrogens is 2. The summed E-state index contributed by atoms with van der Waals surface area (Å²) in [6.07, 6.45) is 2.16. The molecule has 2 nitrogen and oxygen atoms in total. The molecule has 2 heteroatoms. The van der Waals surface area contributed by atoms with E-state index in [9.17, 15) is 0 Å². The Bertz CT molecular complexity index is 550. The molecule has 98 valence electrons. The van der Waals surface area contributed by atoms with Gasteiger partial charge in [-0.25, -0.2) is 0 Å². The first-order chi connectivity index (χ1) is 8.15. The highest BCUT2D eigenvalue weighted by Gasteiger charge is 2.16. The Morgan fingerprint density at radius 3 is 2.28 bits per heavy atom. The van der Waals surface area contributed by atoms with Crippen molar-refractivity contribution in [3.63, 3.8) is 0 Å². The van der Waals surface area contributed by atoms with Crippen LogP contribution in [0, 0.1) is 5.41 Å². The largest absolute Gasteiger partial charge is 0.271 e. The molecule has 2 rings (SSSR count). The van der Waals surface area contributed by atoms with Crippen molar-refractivity contribution in [3.8, 4) is 0 Å². The summed E-state index contributed by atoms with van der Waals surface area (Å²) >= 11 is 0. The summed E-state index contributed by atoms with van der Waals surface area (Å²) in [7, 11) is 0. The molecule has 0 saturated heterocycles. The third-order valence-corrected chi connectivity index (χ3v) is 3.05. The quantitative estimate of drug-likeness (QED) is 0.728. The highest BCUT2D eigenvalue weighted by atomic mass is 15.3. The maximum Gasteiger partial charge on any atom is 0.0923 e. The minimum Gasteiger partial charge on any atom is -0.271 e. The number of hydrogen-bond acceptors (Lipinski definition) is 1. The molecule has 18 heavy (non-hydrogen) atoms. The van der Waals surface area contributed by atoms with Crippen LogP contribution in [0.4, 0.5) is 0 Å². The van der Waals surface area contributed by atoms with E-state index in [0.717, 1.165) is 12.1 Å². The van der Waals surface area contributed by atoms with Gasteiger partial charge in [-0.1, -0.05) is 47.6 Å². The van der Waals surface area contributed by atoms with E-state index in [1.165, 1.54) is 10.9 Å². The Balaban J connectivity index is 2.40. The lowest BCUT2D eigenvalue weighted by Gasteiger charge is -2.18. The normalized spacial score (nSPS) is 13.2. The van der Waals surface area contributed by atoms with Crippen LogP contribution in [-0.2, 0) is 12.0 Å². The lowest BCUT2D eigenvalue weighted by atomic mass is 9.86. The van der Waals surface area contributed by atoms with E-state index in [1.54, 1.807) is 0 Å². The molecule has 1 aromatic heterocycles. The van der Waals surface area contributed by atoms with Crippen LogP contribution in [0.3, 0.4) is 0 Å². The fraction of sp³-hybridized carbons (Fsp3) is 0.562. The number of rotatable bonds is 1. The third kappa shape index (κ3) is 2.92. The fourth-order valence-electron chi connectivity index (χ4n) is 2.11. The number of fused-ring (bicyclic) bond motifs is 1. The van der Waals surface area contributed by atoms with Gasteiger partial charge in [0.25, 0.3) is 0 Å². The second-order valence-electron chi connectivity index (χ2n) is 7.41. The van der Waals surface area contributed by atoms with Crippen LogP contribution >= 0.6 is 0 Å². The van der Waals surface area contributed by atoms with Crippen molar-refractivity contribution in [1.82, 2.24) is 9.78 Å². The van der Waals surface area contributed by atoms with Crippen molar-refractivity contribution in [2.45, 2.75) is 53.5 Å². The van der Waals surface area contributed by atoms with Gasteiger partial charge in [0.1, 0.15) is 0 Å². The summed E-state index contributed by atoms with van der Waals surface area (Å²) in [5, 5.41) is 5.88. The molecule has 0 fully saturated rings. The van der Waals surface area contributed by atoms with Crippen LogP contribution in [0.25, 0.3) is 10.9 Å². The van der Waals surface area contributed by atoms with E-state index >= 15 is 0 Å². The lowest BCUT2D eigenvalue weighted by Crippen LogP contribution is -2.15. The van der Waals surface area contributed by atoms with E-state index in [0.29, 0.717) is 0 Å². The minimum atomic E-state index is 0.195. The van der Waals surface area contributed by atoms with E-state index in [2.05, 4.69) is 75.7 Å². The zero-order valence-electron chi connectivity index (χ0n) is 12.4. The molecule has 0 atom stereocenters. The molecule has 0 aliphatic rings. The first-order valence-corrected chi connectivity index (χ1v) is 6.63. The average Bonchev–Trinajstić information content (AvgIpc) is 2.53. The number of nitrogens with zero attached hydrogens (tertiary/aromatic N) is 2. The Morgan fingerprint density at radius 2 is 1.72 bits per heavy atom. The van der Waals surface area contributed by atoms with Crippen molar-refractivity contribution >= 4 is 10.9 Å². The molecule has 0 radical (unpaired) electrons. The highest BCUT2D eigenvalue weighted by Crippen LogP contribution is 2.26. The Hall–Kier alpha value is -1.31. The summed E-state index contributed by atoms with van der Waals surface area (Å²) in [5.74, 6) is 0. The van der Waals surface area contributed by atoms with E-state index in [-0.39, 0.29) is 10.8 Å². The topological polar surface area (TPSA) is 17.8 Å². The molecule has 0 bridgehead atoms. The first-order valence-electron chi connectivity index (χ1n) is 6.63. The van der Waals surface area contributed by atoms with Gasteiger partial charge in [0.15, 0.2) is 0 Å². The van der Waals surface area contributed by atoms with Crippen LogP contribution in [-0.4, -0.2) is 9.78 Å². The van der Waals surface area contributed by atoms with Gasteiger partial charge < -0.3 is 0 Å². The molecular formula is C16H24N2. The maximum absolute atomic E-state index is 4.64. The Kier molecular flexibility index (Phi) is 3.00. The van der Waals surface area contributed by atoms with E-state index < -0.39 is 0 Å².